The van der Waals surface area contributed by atoms with Crippen LogP contribution in [0.15, 0.2) is 36.5 Å². The zero-order valence-electron chi connectivity index (χ0n) is 9.76. The van der Waals surface area contributed by atoms with E-state index in [2.05, 4.69) is 10.2 Å². The Labute approximate surface area is 109 Å². The summed E-state index contributed by atoms with van der Waals surface area (Å²) in [5.74, 6) is 0.758. The zero-order chi connectivity index (χ0) is 12.7. The average molecular weight is 259 g/mol. The molecule has 0 fully saturated rings. The van der Waals surface area contributed by atoms with Crippen LogP contribution >= 0.6 is 11.6 Å². The molecule has 3 rings (SSSR count). The second-order valence-electron chi connectivity index (χ2n) is 4.19. The summed E-state index contributed by atoms with van der Waals surface area (Å²) in [6.07, 6.45) is 1.95. The Morgan fingerprint density at radius 1 is 1.17 bits per heavy atom. The fraction of sp³-hybridized carbons (Fsp3) is 0.0769. The number of benzene rings is 1. The van der Waals surface area contributed by atoms with Gasteiger partial charge in [-0.05, 0) is 42.8 Å². The van der Waals surface area contributed by atoms with Crippen LogP contribution < -0.4 is 5.73 Å². The lowest BCUT2D eigenvalue weighted by molar-refractivity contribution is 1.11. The first-order valence-electron chi connectivity index (χ1n) is 5.52. The molecule has 5 heteroatoms. The van der Waals surface area contributed by atoms with E-state index in [1.54, 1.807) is 12.1 Å². The number of hydrogen-bond donors (Lipinski definition) is 1. The third kappa shape index (κ3) is 1.71. The van der Waals surface area contributed by atoms with Gasteiger partial charge in [-0.2, -0.15) is 0 Å². The van der Waals surface area contributed by atoms with Gasteiger partial charge in [0.15, 0.2) is 11.5 Å². The maximum Gasteiger partial charge on any atom is 0.168 e. The van der Waals surface area contributed by atoms with Crippen molar-refractivity contribution in [3.8, 4) is 11.4 Å². The molecule has 1 aromatic carbocycles. The number of aryl methyl sites for hydroxylation is 1. The highest BCUT2D eigenvalue weighted by Crippen LogP contribution is 2.26. The Morgan fingerprint density at radius 3 is 2.78 bits per heavy atom. The standard InChI is InChI=1S/C13H11ClN4/c1-8-4-5-18-12(6-8)16-17-13(18)9-2-3-10(14)11(15)7-9/h2-7H,15H2,1H3. The van der Waals surface area contributed by atoms with E-state index in [0.29, 0.717) is 10.7 Å². The van der Waals surface area contributed by atoms with E-state index in [1.807, 2.05) is 35.7 Å². The van der Waals surface area contributed by atoms with Crippen LogP contribution in [-0.4, -0.2) is 14.6 Å². The molecule has 2 heterocycles. The maximum absolute atomic E-state index is 5.91. The van der Waals surface area contributed by atoms with Crippen molar-refractivity contribution >= 4 is 22.9 Å². The number of hydrogen-bond acceptors (Lipinski definition) is 3. The van der Waals surface area contributed by atoms with Crippen molar-refractivity contribution in [1.29, 1.82) is 0 Å². The smallest absolute Gasteiger partial charge is 0.168 e. The second-order valence-corrected chi connectivity index (χ2v) is 4.60. The topological polar surface area (TPSA) is 56.2 Å². The molecular formula is C13H11ClN4. The number of pyridine rings is 1. The van der Waals surface area contributed by atoms with Gasteiger partial charge in [-0.3, -0.25) is 4.40 Å². The van der Waals surface area contributed by atoms with Gasteiger partial charge in [-0.15, -0.1) is 10.2 Å². The van der Waals surface area contributed by atoms with Gasteiger partial charge in [0.2, 0.25) is 0 Å². The first-order valence-corrected chi connectivity index (χ1v) is 5.90. The Balaban J connectivity index is 2.22. The van der Waals surface area contributed by atoms with Gasteiger partial charge in [0.25, 0.3) is 0 Å². The van der Waals surface area contributed by atoms with Crippen molar-refractivity contribution in [2.24, 2.45) is 0 Å². The van der Waals surface area contributed by atoms with Crippen molar-refractivity contribution in [2.45, 2.75) is 6.92 Å². The minimum absolute atomic E-state index is 0.540. The number of nitrogen functional groups attached to an aromatic ring is 1. The van der Waals surface area contributed by atoms with Gasteiger partial charge in [-0.25, -0.2) is 0 Å². The molecule has 0 aliphatic rings. The molecule has 4 nitrogen and oxygen atoms in total. The van der Waals surface area contributed by atoms with E-state index in [-0.39, 0.29) is 0 Å². The normalized spacial score (nSPS) is 11.0. The van der Waals surface area contributed by atoms with Crippen molar-refractivity contribution in [3.63, 3.8) is 0 Å². The van der Waals surface area contributed by atoms with Gasteiger partial charge in [0.1, 0.15) is 0 Å². The van der Waals surface area contributed by atoms with Crippen LogP contribution in [0, 0.1) is 6.92 Å². The van der Waals surface area contributed by atoms with Crippen molar-refractivity contribution in [1.82, 2.24) is 14.6 Å². The Bertz CT molecular complexity index is 733. The number of halogens is 1. The molecule has 0 spiro atoms. The van der Waals surface area contributed by atoms with Gasteiger partial charge >= 0.3 is 0 Å². The Kier molecular flexibility index (Phi) is 2.45. The summed E-state index contributed by atoms with van der Waals surface area (Å²) < 4.78 is 1.93. The fourth-order valence-electron chi connectivity index (χ4n) is 1.87. The lowest BCUT2D eigenvalue weighted by Crippen LogP contribution is -1.92. The van der Waals surface area contributed by atoms with Crippen molar-refractivity contribution in [2.75, 3.05) is 5.73 Å². The molecule has 0 saturated heterocycles. The fourth-order valence-corrected chi connectivity index (χ4v) is 1.99. The number of nitrogens with two attached hydrogens (primary N) is 1. The quantitative estimate of drug-likeness (QED) is 0.683. The number of aromatic nitrogens is 3. The molecule has 0 amide bonds. The molecule has 0 radical (unpaired) electrons. The van der Waals surface area contributed by atoms with Crippen LogP contribution in [0.2, 0.25) is 5.02 Å². The summed E-state index contributed by atoms with van der Waals surface area (Å²) in [5, 5.41) is 8.88. The minimum Gasteiger partial charge on any atom is -0.398 e. The molecule has 0 saturated carbocycles. The number of rotatable bonds is 1. The van der Waals surface area contributed by atoms with Gasteiger partial charge in [0.05, 0.1) is 10.7 Å². The highest BCUT2D eigenvalue weighted by Gasteiger charge is 2.09. The molecule has 18 heavy (non-hydrogen) atoms. The molecule has 0 unspecified atom stereocenters. The van der Waals surface area contributed by atoms with Crippen LogP contribution in [0.25, 0.3) is 17.0 Å². The lowest BCUT2D eigenvalue weighted by atomic mass is 10.2. The molecule has 90 valence electrons. The van der Waals surface area contributed by atoms with E-state index in [0.717, 1.165) is 22.6 Å². The molecule has 2 aromatic heterocycles. The van der Waals surface area contributed by atoms with E-state index in [9.17, 15) is 0 Å². The van der Waals surface area contributed by atoms with Crippen molar-refractivity contribution < 1.29 is 0 Å². The summed E-state index contributed by atoms with van der Waals surface area (Å²) in [4.78, 5) is 0. The first-order chi connectivity index (χ1) is 8.65. The van der Waals surface area contributed by atoms with Crippen LogP contribution in [0.3, 0.4) is 0 Å². The van der Waals surface area contributed by atoms with E-state index < -0.39 is 0 Å². The molecule has 3 aromatic rings. The number of fused-ring (bicyclic) bond motifs is 1. The van der Waals surface area contributed by atoms with Crippen LogP contribution in [0.5, 0.6) is 0 Å². The molecular weight excluding hydrogens is 248 g/mol. The van der Waals surface area contributed by atoms with Gasteiger partial charge in [-0.1, -0.05) is 11.6 Å². The van der Waals surface area contributed by atoms with Crippen LogP contribution in [0.4, 0.5) is 5.69 Å². The maximum atomic E-state index is 5.91. The Hall–Kier alpha value is -2.07. The van der Waals surface area contributed by atoms with Crippen molar-refractivity contribution in [3.05, 3.63) is 47.1 Å². The Morgan fingerprint density at radius 2 is 2.00 bits per heavy atom. The van der Waals surface area contributed by atoms with E-state index in [4.69, 9.17) is 17.3 Å². The monoisotopic (exact) mass is 258 g/mol. The highest BCUT2D eigenvalue weighted by atomic mass is 35.5. The predicted molar refractivity (Wildman–Crippen MR) is 72.6 cm³/mol. The van der Waals surface area contributed by atoms with E-state index >= 15 is 0 Å². The van der Waals surface area contributed by atoms with E-state index in [1.165, 1.54) is 0 Å². The van der Waals surface area contributed by atoms with Crippen LogP contribution in [-0.2, 0) is 0 Å². The minimum atomic E-state index is 0.540. The second kappa shape index (κ2) is 3.99. The number of nitrogens with zero attached hydrogens (tertiary/aromatic N) is 3. The largest absolute Gasteiger partial charge is 0.398 e. The summed E-state index contributed by atoms with van der Waals surface area (Å²) in [5.41, 5.74) is 9.21. The number of anilines is 1. The summed E-state index contributed by atoms with van der Waals surface area (Å²) in [6.45, 7) is 2.02. The molecule has 2 N–H and O–H groups in total. The third-order valence-corrected chi connectivity index (χ3v) is 3.16. The molecule has 0 aliphatic carbocycles. The molecule has 0 aliphatic heterocycles. The van der Waals surface area contributed by atoms with Crippen LogP contribution in [0.1, 0.15) is 5.56 Å². The summed E-state index contributed by atoms with van der Waals surface area (Å²) in [7, 11) is 0. The predicted octanol–water partition coefficient (Wildman–Crippen LogP) is 2.94. The summed E-state index contributed by atoms with van der Waals surface area (Å²) >= 11 is 5.91. The lowest BCUT2D eigenvalue weighted by Gasteiger charge is -2.03. The first kappa shape index (κ1) is 11.0. The van der Waals surface area contributed by atoms with Gasteiger partial charge in [0, 0.05) is 11.8 Å². The SMILES string of the molecule is Cc1ccn2c(-c3ccc(Cl)c(N)c3)nnc2c1. The highest BCUT2D eigenvalue weighted by molar-refractivity contribution is 6.33. The zero-order valence-corrected chi connectivity index (χ0v) is 10.5. The molecule has 0 atom stereocenters. The average Bonchev–Trinajstić information content (AvgIpc) is 2.75. The van der Waals surface area contributed by atoms with Gasteiger partial charge < -0.3 is 5.73 Å². The third-order valence-electron chi connectivity index (χ3n) is 2.82. The summed E-state index contributed by atoms with van der Waals surface area (Å²) in [6, 6.07) is 9.45. The molecule has 0 bridgehead atoms.